The van der Waals surface area contributed by atoms with E-state index < -0.39 is 18.5 Å². The first-order valence-electron chi connectivity index (χ1n) is 4.36. The van der Waals surface area contributed by atoms with Crippen LogP contribution in [0.15, 0.2) is 0 Å². The number of hydrogen-bond donors (Lipinski definition) is 3. The molecule has 0 saturated heterocycles. The summed E-state index contributed by atoms with van der Waals surface area (Å²) in [7, 11) is 0. The van der Waals surface area contributed by atoms with Crippen molar-refractivity contribution >= 4 is 12.0 Å². The molecule has 0 aliphatic heterocycles. The van der Waals surface area contributed by atoms with Crippen LogP contribution in [0.25, 0.3) is 0 Å². The lowest BCUT2D eigenvalue weighted by Crippen LogP contribution is -2.46. The zero-order valence-corrected chi connectivity index (χ0v) is 8.36. The summed E-state index contributed by atoms with van der Waals surface area (Å²) in [6.07, 6.45) is 0. The molecule has 0 rings (SSSR count). The average Bonchev–Trinajstić information content (AvgIpc) is 2.09. The molecule has 0 aliphatic rings. The summed E-state index contributed by atoms with van der Waals surface area (Å²) < 4.78 is 0. The first-order chi connectivity index (χ1) is 6.49. The van der Waals surface area contributed by atoms with E-state index in [2.05, 4.69) is 5.32 Å². The second kappa shape index (κ2) is 6.20. The summed E-state index contributed by atoms with van der Waals surface area (Å²) in [6.45, 7) is 3.22. The summed E-state index contributed by atoms with van der Waals surface area (Å²) in [5, 5.41) is 19.2. The number of rotatable bonds is 5. The highest BCUT2D eigenvalue weighted by atomic mass is 16.4. The van der Waals surface area contributed by atoms with E-state index in [1.807, 2.05) is 0 Å². The molecule has 14 heavy (non-hydrogen) atoms. The first kappa shape index (κ1) is 12.7. The third-order valence-corrected chi connectivity index (χ3v) is 1.62. The molecular weight excluding hydrogens is 188 g/mol. The van der Waals surface area contributed by atoms with Crippen LogP contribution >= 0.6 is 0 Å². The molecule has 0 spiro atoms. The van der Waals surface area contributed by atoms with Gasteiger partial charge in [-0.2, -0.15) is 0 Å². The minimum absolute atomic E-state index is 0.0732. The third kappa shape index (κ3) is 4.66. The van der Waals surface area contributed by atoms with Crippen molar-refractivity contribution in [3.63, 3.8) is 0 Å². The Bertz CT molecular complexity index is 206. The number of aliphatic hydroxyl groups excluding tert-OH is 1. The first-order valence-corrected chi connectivity index (χ1v) is 4.36. The Morgan fingerprint density at radius 1 is 1.43 bits per heavy atom. The van der Waals surface area contributed by atoms with Crippen molar-refractivity contribution in [3.05, 3.63) is 0 Å². The van der Waals surface area contributed by atoms with E-state index in [-0.39, 0.29) is 19.2 Å². The van der Waals surface area contributed by atoms with Crippen molar-refractivity contribution < 1.29 is 19.8 Å². The van der Waals surface area contributed by atoms with Gasteiger partial charge in [0.2, 0.25) is 0 Å². The van der Waals surface area contributed by atoms with Crippen LogP contribution < -0.4 is 5.32 Å². The highest BCUT2D eigenvalue weighted by Crippen LogP contribution is 1.97. The lowest BCUT2D eigenvalue weighted by molar-refractivity contribution is -0.135. The van der Waals surface area contributed by atoms with E-state index in [4.69, 9.17) is 10.2 Å². The number of nitrogens with one attached hydrogen (secondary N) is 1. The van der Waals surface area contributed by atoms with E-state index >= 15 is 0 Å². The van der Waals surface area contributed by atoms with Crippen molar-refractivity contribution in [2.75, 3.05) is 19.7 Å². The van der Waals surface area contributed by atoms with Gasteiger partial charge < -0.3 is 20.4 Å². The van der Waals surface area contributed by atoms with Crippen LogP contribution in [0.5, 0.6) is 0 Å². The fourth-order valence-corrected chi connectivity index (χ4v) is 0.955. The molecule has 6 heteroatoms. The van der Waals surface area contributed by atoms with E-state index in [0.717, 1.165) is 0 Å². The van der Waals surface area contributed by atoms with Crippen molar-refractivity contribution in [2.24, 2.45) is 0 Å². The fraction of sp³-hybridized carbons (Fsp3) is 0.750. The van der Waals surface area contributed by atoms with Crippen molar-refractivity contribution in [2.45, 2.75) is 19.9 Å². The second-order valence-corrected chi connectivity index (χ2v) is 3.06. The molecule has 0 fully saturated rings. The fourth-order valence-electron chi connectivity index (χ4n) is 0.955. The Morgan fingerprint density at radius 2 is 2.00 bits per heavy atom. The molecule has 82 valence electrons. The van der Waals surface area contributed by atoms with Gasteiger partial charge in [0.15, 0.2) is 0 Å². The Kier molecular flexibility index (Phi) is 5.62. The van der Waals surface area contributed by atoms with Gasteiger partial charge in [0.05, 0.1) is 6.61 Å². The Morgan fingerprint density at radius 3 is 2.36 bits per heavy atom. The van der Waals surface area contributed by atoms with Crippen LogP contribution in [-0.2, 0) is 4.79 Å². The van der Waals surface area contributed by atoms with Gasteiger partial charge in [-0.3, -0.25) is 4.79 Å². The Labute approximate surface area is 82.5 Å². The van der Waals surface area contributed by atoms with Crippen molar-refractivity contribution in [3.8, 4) is 0 Å². The number of carbonyl (C=O) groups is 2. The average molecular weight is 204 g/mol. The Hall–Kier alpha value is -1.30. The number of carbonyl (C=O) groups excluding carboxylic acids is 1. The summed E-state index contributed by atoms with van der Waals surface area (Å²) >= 11 is 0. The van der Waals surface area contributed by atoms with E-state index in [1.54, 1.807) is 13.8 Å². The molecule has 3 N–H and O–H groups in total. The quantitative estimate of drug-likeness (QED) is 0.562. The van der Waals surface area contributed by atoms with Gasteiger partial charge in [0, 0.05) is 12.6 Å². The topological polar surface area (TPSA) is 89.9 Å². The zero-order valence-electron chi connectivity index (χ0n) is 8.36. The standard InChI is InChI=1S/C8H16N2O4/c1-6(2)10(3-4-11)8(14)9-5-7(12)13/h6,11H,3-5H2,1-2H3,(H,9,14)(H,12,13). The molecule has 0 aromatic heterocycles. The van der Waals surface area contributed by atoms with Gasteiger partial charge in [0.25, 0.3) is 0 Å². The van der Waals surface area contributed by atoms with Crippen LogP contribution in [0.2, 0.25) is 0 Å². The second-order valence-electron chi connectivity index (χ2n) is 3.06. The molecule has 0 aliphatic carbocycles. The van der Waals surface area contributed by atoms with Crippen molar-refractivity contribution in [1.29, 1.82) is 0 Å². The maximum Gasteiger partial charge on any atom is 0.323 e. The van der Waals surface area contributed by atoms with Crippen LogP contribution in [0, 0.1) is 0 Å². The normalized spacial score (nSPS) is 10.0. The molecule has 0 atom stereocenters. The lowest BCUT2D eigenvalue weighted by atomic mass is 10.3. The van der Waals surface area contributed by atoms with Crippen LogP contribution in [-0.4, -0.2) is 52.9 Å². The number of amides is 2. The largest absolute Gasteiger partial charge is 0.480 e. The van der Waals surface area contributed by atoms with Gasteiger partial charge in [-0.25, -0.2) is 4.79 Å². The number of carboxylic acid groups (broad SMARTS) is 1. The highest BCUT2D eigenvalue weighted by molar-refractivity contribution is 5.80. The van der Waals surface area contributed by atoms with Gasteiger partial charge in [0.1, 0.15) is 6.54 Å². The molecule has 0 radical (unpaired) electrons. The molecule has 2 amide bonds. The minimum Gasteiger partial charge on any atom is -0.480 e. The predicted molar refractivity (Wildman–Crippen MR) is 50.0 cm³/mol. The van der Waals surface area contributed by atoms with Gasteiger partial charge in [-0.15, -0.1) is 0 Å². The van der Waals surface area contributed by atoms with E-state index in [9.17, 15) is 9.59 Å². The predicted octanol–water partition coefficient (Wildman–Crippen LogP) is -0.517. The molecule has 0 bridgehead atoms. The third-order valence-electron chi connectivity index (χ3n) is 1.62. The SMILES string of the molecule is CC(C)N(CCO)C(=O)NCC(=O)O. The molecule has 0 unspecified atom stereocenters. The number of hydrogen-bond acceptors (Lipinski definition) is 3. The van der Waals surface area contributed by atoms with Gasteiger partial charge in [-0.05, 0) is 13.8 Å². The monoisotopic (exact) mass is 204 g/mol. The van der Waals surface area contributed by atoms with Crippen LogP contribution in [0.3, 0.4) is 0 Å². The summed E-state index contributed by atoms with van der Waals surface area (Å²) in [4.78, 5) is 22.9. The zero-order chi connectivity index (χ0) is 11.1. The summed E-state index contributed by atoms with van der Waals surface area (Å²) in [6, 6.07) is -0.549. The van der Waals surface area contributed by atoms with Crippen LogP contribution in [0.4, 0.5) is 4.79 Å². The number of nitrogens with zero attached hydrogens (tertiary/aromatic N) is 1. The molecule has 0 aromatic rings. The maximum atomic E-state index is 11.3. The molecule has 6 nitrogen and oxygen atoms in total. The molecule has 0 aromatic carbocycles. The molecule has 0 saturated carbocycles. The van der Waals surface area contributed by atoms with Crippen molar-refractivity contribution in [1.82, 2.24) is 10.2 Å². The number of aliphatic carboxylic acids is 1. The number of urea groups is 1. The minimum atomic E-state index is -1.09. The van der Waals surface area contributed by atoms with Crippen LogP contribution in [0.1, 0.15) is 13.8 Å². The smallest absolute Gasteiger partial charge is 0.323 e. The molecular formula is C8H16N2O4. The lowest BCUT2D eigenvalue weighted by Gasteiger charge is -2.25. The highest BCUT2D eigenvalue weighted by Gasteiger charge is 2.16. The van der Waals surface area contributed by atoms with E-state index in [1.165, 1.54) is 4.90 Å². The number of carboxylic acids is 1. The number of aliphatic hydroxyl groups is 1. The molecule has 0 heterocycles. The Balaban J connectivity index is 4.08. The summed E-state index contributed by atoms with van der Waals surface area (Å²) in [5.74, 6) is -1.09. The van der Waals surface area contributed by atoms with Gasteiger partial charge in [-0.1, -0.05) is 0 Å². The van der Waals surface area contributed by atoms with E-state index in [0.29, 0.717) is 0 Å². The van der Waals surface area contributed by atoms with Gasteiger partial charge >= 0.3 is 12.0 Å². The maximum absolute atomic E-state index is 11.3. The summed E-state index contributed by atoms with van der Waals surface area (Å²) in [5.41, 5.74) is 0.